The Bertz CT molecular complexity index is 105. The Morgan fingerprint density at radius 2 is 2.10 bits per heavy atom. The smallest absolute Gasteiger partial charge is 0.0155 e. The lowest BCUT2D eigenvalue weighted by Crippen LogP contribution is -2.21. The largest absolute Gasteiger partial charge is 0.325 e. The minimum atomic E-state index is 0.281. The lowest BCUT2D eigenvalue weighted by atomic mass is 9.99. The van der Waals surface area contributed by atoms with Gasteiger partial charge in [0.1, 0.15) is 0 Å². The Labute approximate surface area is 64.0 Å². The molecule has 0 aromatic carbocycles. The maximum Gasteiger partial charge on any atom is 0.0155 e. The molecule has 1 unspecified atom stereocenters. The third-order valence-corrected chi connectivity index (χ3v) is 2.72. The highest BCUT2D eigenvalue weighted by Crippen LogP contribution is 2.37. The van der Waals surface area contributed by atoms with Crippen LogP contribution in [0.15, 0.2) is 0 Å². The van der Waals surface area contributed by atoms with Gasteiger partial charge in [-0.15, -0.1) is 0 Å². The molecule has 2 N–H and O–H groups in total. The van der Waals surface area contributed by atoms with Gasteiger partial charge in [0.25, 0.3) is 0 Å². The van der Waals surface area contributed by atoms with Crippen LogP contribution in [-0.4, -0.2) is 5.54 Å². The van der Waals surface area contributed by atoms with E-state index in [0.717, 1.165) is 5.92 Å². The predicted molar refractivity (Wildman–Crippen MR) is 44.8 cm³/mol. The second kappa shape index (κ2) is 2.91. The summed E-state index contributed by atoms with van der Waals surface area (Å²) in [5.41, 5.74) is 6.23. The van der Waals surface area contributed by atoms with Crippen molar-refractivity contribution in [2.45, 2.75) is 51.5 Å². The molecule has 60 valence electrons. The third-order valence-electron chi connectivity index (χ3n) is 2.72. The maximum atomic E-state index is 5.95. The van der Waals surface area contributed by atoms with Crippen LogP contribution in [0.4, 0.5) is 0 Å². The highest BCUT2D eigenvalue weighted by atomic mass is 14.8. The summed E-state index contributed by atoms with van der Waals surface area (Å²) in [7, 11) is 0. The van der Waals surface area contributed by atoms with Crippen molar-refractivity contribution in [3.05, 3.63) is 0 Å². The van der Waals surface area contributed by atoms with E-state index in [4.69, 9.17) is 5.73 Å². The zero-order valence-electron chi connectivity index (χ0n) is 7.19. The summed E-state index contributed by atoms with van der Waals surface area (Å²) >= 11 is 0. The number of hydrogen-bond donors (Lipinski definition) is 1. The zero-order valence-corrected chi connectivity index (χ0v) is 7.19. The van der Waals surface area contributed by atoms with Gasteiger partial charge in [0, 0.05) is 5.54 Å². The lowest BCUT2D eigenvalue weighted by Gasteiger charge is -2.11. The first kappa shape index (κ1) is 8.06. The molecule has 1 nitrogen and oxygen atoms in total. The molecule has 1 fully saturated rings. The molecule has 1 aliphatic carbocycles. The van der Waals surface area contributed by atoms with Gasteiger partial charge in [-0.1, -0.05) is 20.3 Å². The summed E-state index contributed by atoms with van der Waals surface area (Å²) in [6.07, 6.45) is 6.41. The van der Waals surface area contributed by atoms with Crippen LogP contribution in [0.25, 0.3) is 0 Å². The molecule has 0 bridgehead atoms. The van der Waals surface area contributed by atoms with Gasteiger partial charge in [0.05, 0.1) is 0 Å². The van der Waals surface area contributed by atoms with Crippen LogP contribution >= 0.6 is 0 Å². The van der Waals surface area contributed by atoms with Gasteiger partial charge in [0.15, 0.2) is 0 Å². The minimum Gasteiger partial charge on any atom is -0.325 e. The Morgan fingerprint density at radius 1 is 1.50 bits per heavy atom. The van der Waals surface area contributed by atoms with Crippen LogP contribution in [0.1, 0.15) is 46.0 Å². The summed E-state index contributed by atoms with van der Waals surface area (Å²) in [5, 5.41) is 0. The van der Waals surface area contributed by atoms with E-state index in [-0.39, 0.29) is 5.54 Å². The molecular weight excluding hydrogens is 122 g/mol. The van der Waals surface area contributed by atoms with E-state index in [9.17, 15) is 0 Å². The quantitative estimate of drug-likeness (QED) is 0.638. The van der Waals surface area contributed by atoms with Gasteiger partial charge in [0.2, 0.25) is 0 Å². The number of nitrogens with two attached hydrogens (primary N) is 1. The molecule has 0 spiro atoms. The van der Waals surface area contributed by atoms with Crippen molar-refractivity contribution in [1.82, 2.24) is 0 Å². The first-order valence-electron chi connectivity index (χ1n) is 4.45. The van der Waals surface area contributed by atoms with Gasteiger partial charge in [-0.05, 0) is 31.6 Å². The predicted octanol–water partition coefficient (Wildman–Crippen LogP) is 2.30. The minimum absolute atomic E-state index is 0.281. The monoisotopic (exact) mass is 141 g/mol. The van der Waals surface area contributed by atoms with Crippen molar-refractivity contribution in [1.29, 1.82) is 0 Å². The van der Waals surface area contributed by atoms with Gasteiger partial charge in [-0.3, -0.25) is 0 Å². The van der Waals surface area contributed by atoms with Crippen LogP contribution < -0.4 is 5.73 Å². The summed E-state index contributed by atoms with van der Waals surface area (Å²) in [4.78, 5) is 0. The first-order valence-corrected chi connectivity index (χ1v) is 4.45. The Kier molecular flexibility index (Phi) is 2.35. The summed E-state index contributed by atoms with van der Waals surface area (Å²) < 4.78 is 0. The molecular formula is C9H19N. The first-order chi connectivity index (χ1) is 4.66. The molecule has 10 heavy (non-hydrogen) atoms. The van der Waals surface area contributed by atoms with E-state index in [0.29, 0.717) is 0 Å². The van der Waals surface area contributed by atoms with Crippen molar-refractivity contribution in [3.8, 4) is 0 Å². The Balaban J connectivity index is 2.04. The number of rotatable bonds is 4. The van der Waals surface area contributed by atoms with E-state index in [1.54, 1.807) is 0 Å². The second-order valence-corrected chi connectivity index (χ2v) is 3.91. The van der Waals surface area contributed by atoms with E-state index in [1.807, 2.05) is 0 Å². The molecule has 1 heteroatoms. The standard InChI is InChI=1S/C9H19N/c1-3-8(2)4-5-9(10)6-7-9/h8H,3-7,10H2,1-2H3. The fraction of sp³-hybridized carbons (Fsp3) is 1.00. The third kappa shape index (κ3) is 2.30. The van der Waals surface area contributed by atoms with Crippen LogP contribution in [-0.2, 0) is 0 Å². The van der Waals surface area contributed by atoms with Gasteiger partial charge in [-0.2, -0.15) is 0 Å². The average molecular weight is 141 g/mol. The molecule has 0 heterocycles. The molecule has 1 atom stereocenters. The molecule has 0 aliphatic heterocycles. The maximum absolute atomic E-state index is 5.95. The summed E-state index contributed by atoms with van der Waals surface area (Å²) in [6, 6.07) is 0. The lowest BCUT2D eigenvalue weighted by molar-refractivity contribution is 0.450. The molecule has 1 aliphatic rings. The van der Waals surface area contributed by atoms with Crippen LogP contribution in [0.5, 0.6) is 0 Å². The van der Waals surface area contributed by atoms with Crippen molar-refractivity contribution in [3.63, 3.8) is 0 Å². The fourth-order valence-corrected chi connectivity index (χ4v) is 1.15. The molecule has 0 amide bonds. The normalized spacial score (nSPS) is 24.3. The molecule has 0 aromatic rings. The van der Waals surface area contributed by atoms with Crippen LogP contribution in [0, 0.1) is 5.92 Å². The highest BCUT2D eigenvalue weighted by Gasteiger charge is 2.37. The Morgan fingerprint density at radius 3 is 2.50 bits per heavy atom. The van der Waals surface area contributed by atoms with Gasteiger partial charge in [-0.25, -0.2) is 0 Å². The topological polar surface area (TPSA) is 26.0 Å². The molecule has 0 radical (unpaired) electrons. The molecule has 0 aromatic heterocycles. The zero-order chi connectivity index (χ0) is 7.61. The SMILES string of the molecule is CCC(C)CCC1(N)CC1. The molecule has 1 rings (SSSR count). The second-order valence-electron chi connectivity index (χ2n) is 3.91. The highest BCUT2D eigenvalue weighted by molar-refractivity contribution is 4.98. The van der Waals surface area contributed by atoms with E-state index < -0.39 is 0 Å². The molecule has 1 saturated carbocycles. The van der Waals surface area contributed by atoms with Crippen molar-refractivity contribution in [2.75, 3.05) is 0 Å². The van der Waals surface area contributed by atoms with Gasteiger partial charge >= 0.3 is 0 Å². The van der Waals surface area contributed by atoms with E-state index in [2.05, 4.69) is 13.8 Å². The van der Waals surface area contributed by atoms with E-state index in [1.165, 1.54) is 32.1 Å². The van der Waals surface area contributed by atoms with Crippen molar-refractivity contribution in [2.24, 2.45) is 11.7 Å². The van der Waals surface area contributed by atoms with Crippen molar-refractivity contribution >= 4 is 0 Å². The van der Waals surface area contributed by atoms with Crippen LogP contribution in [0.3, 0.4) is 0 Å². The average Bonchev–Trinajstić information content (AvgIpc) is 2.64. The number of hydrogen-bond acceptors (Lipinski definition) is 1. The van der Waals surface area contributed by atoms with Crippen LogP contribution in [0.2, 0.25) is 0 Å². The van der Waals surface area contributed by atoms with Gasteiger partial charge < -0.3 is 5.73 Å². The van der Waals surface area contributed by atoms with Crippen molar-refractivity contribution < 1.29 is 0 Å². The molecule has 0 saturated heterocycles. The summed E-state index contributed by atoms with van der Waals surface area (Å²) in [6.45, 7) is 4.56. The van der Waals surface area contributed by atoms with E-state index >= 15 is 0 Å². The fourth-order valence-electron chi connectivity index (χ4n) is 1.15. The Hall–Kier alpha value is -0.0400. The summed E-state index contributed by atoms with van der Waals surface area (Å²) in [5.74, 6) is 0.876.